The number of methoxy groups -OCH3 is 2. The summed E-state index contributed by atoms with van der Waals surface area (Å²) in [4.78, 5) is 19.1. The Balaban J connectivity index is 0.000000422. The average molecular weight is 673 g/mol. The predicted molar refractivity (Wildman–Crippen MR) is 141 cm³/mol. The number of aliphatic hydroxyl groups excluding tert-OH is 1. The number of nitrogens with zero attached hydrogens (tertiary/aromatic N) is 3. The van der Waals surface area contributed by atoms with Gasteiger partial charge >= 0.3 is 0 Å². The van der Waals surface area contributed by atoms with Gasteiger partial charge in [-0.15, -0.1) is 12.1 Å². The van der Waals surface area contributed by atoms with Crippen LogP contribution in [0.25, 0.3) is 38.9 Å². The minimum atomic E-state index is -0.125. The summed E-state index contributed by atoms with van der Waals surface area (Å²) in [6.45, 7) is 2.85. The first kappa shape index (κ1) is 27.6. The molecule has 3 aromatic heterocycles. The third kappa shape index (κ3) is 6.05. The number of ketones is 1. The number of ether oxygens (including phenoxy) is 2. The summed E-state index contributed by atoms with van der Waals surface area (Å²) in [5, 5.41) is 9.47. The van der Waals surface area contributed by atoms with Crippen LogP contribution in [-0.4, -0.2) is 39.6 Å². The first-order valence-electron chi connectivity index (χ1n) is 11.3. The SMILES string of the molecule is CC(=O)/C=C(/C)O.COc1ccnc(-c2[c-]cc(-n3c4ccccc4c4ncccc43)cc2OC)c1.[Ir]. The molecule has 37 heavy (non-hydrogen) atoms. The molecular formula is C29H26IrN3O4-. The van der Waals surface area contributed by atoms with Crippen LogP contribution >= 0.6 is 0 Å². The molecular weight excluding hydrogens is 647 g/mol. The van der Waals surface area contributed by atoms with Crippen LogP contribution in [0.4, 0.5) is 0 Å². The second-order valence-electron chi connectivity index (χ2n) is 8.00. The molecule has 0 unspecified atom stereocenters. The van der Waals surface area contributed by atoms with Crippen molar-refractivity contribution < 1.29 is 39.5 Å². The standard InChI is InChI=1S/C24H18N3O2.C5H8O2.Ir/c1-28-17-11-13-25-20(15-17)18-10-9-16(14-23(18)29-2)27-21-7-4-3-6-19(21)24-22(27)8-5-12-26-24;1-4(6)3-5(2)7;/h3-9,11-15H,1-2H3;3,6H,1-2H3;/q-1;;/b;4-3-;. The molecule has 0 fully saturated rings. The fraction of sp³-hybridized carbons (Fsp3) is 0.138. The Hall–Kier alpha value is -4.00. The smallest absolute Gasteiger partial charge is 0.155 e. The molecule has 0 spiro atoms. The van der Waals surface area contributed by atoms with Crippen LogP contribution in [0.5, 0.6) is 11.5 Å². The van der Waals surface area contributed by atoms with Gasteiger partial charge in [0.15, 0.2) is 5.78 Å². The Bertz CT molecular complexity index is 1520. The molecule has 0 amide bonds. The molecule has 0 aliphatic rings. The number of para-hydroxylation sites is 1. The van der Waals surface area contributed by atoms with E-state index in [1.165, 1.54) is 19.9 Å². The van der Waals surface area contributed by atoms with Crippen molar-refractivity contribution in [3.05, 3.63) is 91.0 Å². The Morgan fingerprint density at radius 2 is 1.73 bits per heavy atom. The van der Waals surface area contributed by atoms with Crippen molar-refractivity contribution in [3.63, 3.8) is 0 Å². The van der Waals surface area contributed by atoms with Crippen LogP contribution in [0.15, 0.2) is 84.9 Å². The number of benzene rings is 2. The number of aromatic nitrogens is 3. The Morgan fingerprint density at radius 1 is 0.973 bits per heavy atom. The van der Waals surface area contributed by atoms with Gasteiger partial charge in [0.25, 0.3) is 0 Å². The Labute approximate surface area is 228 Å². The number of fused-ring (bicyclic) bond motifs is 3. The summed E-state index contributed by atoms with van der Waals surface area (Å²) in [7, 11) is 3.30. The molecule has 5 rings (SSSR count). The number of rotatable bonds is 5. The fourth-order valence-electron chi connectivity index (χ4n) is 3.99. The third-order valence-electron chi connectivity index (χ3n) is 5.43. The maximum absolute atomic E-state index is 10.0. The number of hydrogen-bond acceptors (Lipinski definition) is 6. The van der Waals surface area contributed by atoms with E-state index in [0.717, 1.165) is 44.6 Å². The molecule has 0 saturated carbocycles. The average Bonchev–Trinajstić information content (AvgIpc) is 3.22. The van der Waals surface area contributed by atoms with Gasteiger partial charge in [-0.25, -0.2) is 0 Å². The van der Waals surface area contributed by atoms with E-state index < -0.39 is 0 Å². The van der Waals surface area contributed by atoms with Gasteiger partial charge in [0, 0.05) is 55.2 Å². The summed E-state index contributed by atoms with van der Waals surface area (Å²) >= 11 is 0. The molecule has 3 heterocycles. The van der Waals surface area contributed by atoms with E-state index in [4.69, 9.17) is 14.6 Å². The largest absolute Gasteiger partial charge is 0.540 e. The van der Waals surface area contributed by atoms with Crippen molar-refractivity contribution in [2.75, 3.05) is 14.2 Å². The Kier molecular flexibility index (Phi) is 9.17. The van der Waals surface area contributed by atoms with Gasteiger partial charge in [0.05, 0.1) is 31.0 Å². The zero-order valence-electron chi connectivity index (χ0n) is 20.9. The van der Waals surface area contributed by atoms with Crippen molar-refractivity contribution in [1.29, 1.82) is 0 Å². The summed E-state index contributed by atoms with van der Waals surface area (Å²) < 4.78 is 13.2. The minimum absolute atomic E-state index is 0. The van der Waals surface area contributed by atoms with Crippen LogP contribution in [-0.2, 0) is 24.9 Å². The van der Waals surface area contributed by atoms with Gasteiger partial charge in [0.1, 0.15) is 5.75 Å². The third-order valence-corrected chi connectivity index (χ3v) is 5.43. The normalized spacial score (nSPS) is 10.9. The van der Waals surface area contributed by atoms with E-state index in [1.54, 1.807) is 20.4 Å². The second-order valence-corrected chi connectivity index (χ2v) is 8.00. The van der Waals surface area contributed by atoms with Crippen LogP contribution in [0.3, 0.4) is 0 Å². The molecule has 1 N–H and O–H groups in total. The number of carbonyl (C=O) groups is 1. The molecule has 0 aliphatic heterocycles. The molecule has 0 atom stereocenters. The summed E-state index contributed by atoms with van der Waals surface area (Å²) in [6.07, 6.45) is 4.71. The molecule has 0 aliphatic carbocycles. The molecule has 2 aromatic carbocycles. The van der Waals surface area contributed by atoms with Gasteiger partial charge in [-0.3, -0.25) is 9.78 Å². The first-order valence-corrected chi connectivity index (χ1v) is 11.3. The van der Waals surface area contributed by atoms with Gasteiger partial charge in [0.2, 0.25) is 0 Å². The van der Waals surface area contributed by atoms with Gasteiger partial charge in [-0.2, -0.15) is 0 Å². The van der Waals surface area contributed by atoms with Crippen molar-refractivity contribution in [2.24, 2.45) is 0 Å². The maximum atomic E-state index is 10.0. The zero-order chi connectivity index (χ0) is 25.7. The molecule has 5 aromatic rings. The zero-order valence-corrected chi connectivity index (χ0v) is 23.2. The van der Waals surface area contributed by atoms with E-state index in [9.17, 15) is 4.79 Å². The van der Waals surface area contributed by atoms with Crippen LogP contribution < -0.4 is 9.47 Å². The van der Waals surface area contributed by atoms with Crippen molar-refractivity contribution in [3.8, 4) is 28.4 Å². The molecule has 1 radical (unpaired) electrons. The van der Waals surface area contributed by atoms with Crippen molar-refractivity contribution >= 4 is 27.7 Å². The summed E-state index contributed by atoms with van der Waals surface area (Å²) in [5.41, 5.74) is 5.58. The van der Waals surface area contributed by atoms with E-state index in [2.05, 4.69) is 38.8 Å². The van der Waals surface area contributed by atoms with Gasteiger partial charge in [-0.1, -0.05) is 29.8 Å². The number of aliphatic hydroxyl groups is 1. The monoisotopic (exact) mass is 673 g/mol. The molecule has 191 valence electrons. The molecule has 7 nitrogen and oxygen atoms in total. The maximum Gasteiger partial charge on any atom is 0.155 e. The number of pyridine rings is 2. The molecule has 0 bridgehead atoms. The quantitative estimate of drug-likeness (QED) is 0.138. The topological polar surface area (TPSA) is 86.5 Å². The van der Waals surface area contributed by atoms with Crippen molar-refractivity contribution in [2.45, 2.75) is 13.8 Å². The number of carbonyl (C=O) groups excluding carboxylic acids is 1. The van der Waals surface area contributed by atoms with Gasteiger partial charge < -0.3 is 24.1 Å². The fourth-order valence-corrected chi connectivity index (χ4v) is 3.99. The Morgan fingerprint density at radius 3 is 2.41 bits per heavy atom. The van der Waals surface area contributed by atoms with E-state index in [-0.39, 0.29) is 31.6 Å². The number of hydrogen-bond donors (Lipinski definition) is 1. The second kappa shape index (κ2) is 12.3. The first-order chi connectivity index (χ1) is 17.4. The summed E-state index contributed by atoms with van der Waals surface area (Å²) in [6, 6.07) is 23.3. The van der Waals surface area contributed by atoms with E-state index in [0.29, 0.717) is 5.75 Å². The molecule has 8 heteroatoms. The van der Waals surface area contributed by atoms with Crippen LogP contribution in [0.2, 0.25) is 0 Å². The number of allylic oxidation sites excluding steroid dienone is 2. The minimum Gasteiger partial charge on any atom is -0.540 e. The van der Waals surface area contributed by atoms with Crippen molar-refractivity contribution in [1.82, 2.24) is 14.5 Å². The summed E-state index contributed by atoms with van der Waals surface area (Å²) in [5.74, 6) is 1.37. The van der Waals surface area contributed by atoms with Gasteiger partial charge in [-0.05, 0) is 55.6 Å². The van der Waals surface area contributed by atoms with Crippen LogP contribution in [0, 0.1) is 6.07 Å². The molecule has 0 saturated heterocycles. The predicted octanol–water partition coefficient (Wildman–Crippen LogP) is 6.09. The van der Waals surface area contributed by atoms with E-state index in [1.807, 2.05) is 48.7 Å². The van der Waals surface area contributed by atoms with Crippen LogP contribution in [0.1, 0.15) is 13.8 Å². The van der Waals surface area contributed by atoms with E-state index >= 15 is 0 Å².